The van der Waals surface area contributed by atoms with Crippen LogP contribution in [-0.4, -0.2) is 19.6 Å². The third kappa shape index (κ3) is 3.46. The predicted molar refractivity (Wildman–Crippen MR) is 98.0 cm³/mol. The van der Waals surface area contributed by atoms with Gasteiger partial charge in [0.15, 0.2) is 10.8 Å². The molecule has 4 heterocycles. The summed E-state index contributed by atoms with van der Waals surface area (Å²) < 4.78 is 40.2. The Hall–Kier alpha value is -1.62. The highest BCUT2D eigenvalue weighted by molar-refractivity contribution is 7.98. The smallest absolute Gasteiger partial charge is 0.276 e. The van der Waals surface area contributed by atoms with E-state index in [0.29, 0.717) is 10.9 Å². The molecule has 0 atom stereocenters. The van der Waals surface area contributed by atoms with Crippen molar-refractivity contribution in [2.45, 2.75) is 17.1 Å². The molecule has 134 valence electrons. The van der Waals surface area contributed by atoms with E-state index in [9.17, 15) is 13.2 Å². The summed E-state index contributed by atoms with van der Waals surface area (Å²) in [4.78, 5) is 4.55. The maximum atomic E-state index is 13.0. The molecule has 0 saturated heterocycles. The number of aromatic nitrogens is 4. The van der Waals surface area contributed by atoms with E-state index in [1.165, 1.54) is 27.5 Å². The molecule has 0 aromatic carbocycles. The molecule has 4 rings (SSSR count). The topological polar surface area (TPSA) is 43.1 Å². The van der Waals surface area contributed by atoms with Crippen LogP contribution in [0.15, 0.2) is 39.6 Å². The van der Waals surface area contributed by atoms with Crippen molar-refractivity contribution in [2.75, 3.05) is 0 Å². The summed E-state index contributed by atoms with van der Waals surface area (Å²) >= 11 is 10.3. The fourth-order valence-electron chi connectivity index (χ4n) is 2.22. The Bertz CT molecular complexity index is 1060. The fraction of sp³-hybridized carbons (Fsp3) is 0.133. The molecule has 0 unspecified atom stereocenters. The van der Waals surface area contributed by atoms with Crippen molar-refractivity contribution in [3.63, 3.8) is 0 Å². The average molecular weight is 433 g/mol. The molecule has 0 spiro atoms. The summed E-state index contributed by atoms with van der Waals surface area (Å²) in [6.45, 7) is 0. The molecule has 4 aromatic heterocycles. The lowest BCUT2D eigenvalue weighted by Crippen LogP contribution is -2.07. The predicted octanol–water partition coefficient (Wildman–Crippen LogP) is 5.88. The Morgan fingerprint density at radius 3 is 2.81 bits per heavy atom. The SMILES string of the molecule is FC(F)(F)c1cc(Cl)c2nnc(SCc3csc(-c4ccsc4)n3)n2c1. The van der Waals surface area contributed by atoms with Crippen LogP contribution in [0.25, 0.3) is 16.2 Å². The first-order valence-corrected chi connectivity index (χ1v) is 10.3. The van der Waals surface area contributed by atoms with Crippen molar-refractivity contribution >= 4 is 51.7 Å². The maximum absolute atomic E-state index is 13.0. The number of alkyl halides is 3. The van der Waals surface area contributed by atoms with Crippen LogP contribution in [-0.2, 0) is 11.9 Å². The number of fused-ring (bicyclic) bond motifs is 1. The van der Waals surface area contributed by atoms with Gasteiger partial charge in [0.2, 0.25) is 0 Å². The average Bonchev–Trinajstić information content (AvgIpc) is 3.32. The van der Waals surface area contributed by atoms with Gasteiger partial charge in [0, 0.05) is 28.3 Å². The second kappa shape index (κ2) is 6.84. The van der Waals surface area contributed by atoms with E-state index in [0.717, 1.165) is 28.5 Å². The van der Waals surface area contributed by atoms with Gasteiger partial charge in [0.05, 0.1) is 16.3 Å². The molecular weight excluding hydrogens is 425 g/mol. The van der Waals surface area contributed by atoms with E-state index in [1.807, 2.05) is 22.2 Å². The van der Waals surface area contributed by atoms with Gasteiger partial charge in [-0.1, -0.05) is 23.4 Å². The van der Waals surface area contributed by atoms with Gasteiger partial charge in [-0.2, -0.15) is 24.5 Å². The Morgan fingerprint density at radius 1 is 1.23 bits per heavy atom. The van der Waals surface area contributed by atoms with Crippen molar-refractivity contribution in [2.24, 2.45) is 0 Å². The minimum Gasteiger partial charge on any atom is -0.276 e. The minimum absolute atomic E-state index is 0.0902. The molecule has 0 aliphatic heterocycles. The van der Waals surface area contributed by atoms with Gasteiger partial charge in [-0.25, -0.2) is 4.98 Å². The minimum atomic E-state index is -4.49. The molecule has 0 radical (unpaired) electrons. The molecule has 4 aromatic rings. The number of thiophene rings is 1. The molecule has 0 aliphatic carbocycles. The summed E-state index contributed by atoms with van der Waals surface area (Å²) in [5.74, 6) is 0.468. The zero-order chi connectivity index (χ0) is 18.3. The molecule has 0 N–H and O–H groups in total. The van der Waals surface area contributed by atoms with E-state index in [1.54, 1.807) is 11.3 Å². The van der Waals surface area contributed by atoms with Crippen LogP contribution in [0.3, 0.4) is 0 Å². The standard InChI is InChI=1S/C15H8ClF3N4S3/c16-11-3-9(15(17,18)19)4-23-12(11)21-22-14(23)26-7-10-6-25-13(20-10)8-1-2-24-5-8/h1-6H,7H2. The lowest BCUT2D eigenvalue weighted by molar-refractivity contribution is -0.137. The van der Waals surface area contributed by atoms with Gasteiger partial charge >= 0.3 is 6.18 Å². The van der Waals surface area contributed by atoms with E-state index < -0.39 is 11.7 Å². The second-order valence-corrected chi connectivity index (χ2v) is 8.18. The lowest BCUT2D eigenvalue weighted by Gasteiger charge is -2.08. The molecule has 11 heteroatoms. The first kappa shape index (κ1) is 17.8. The number of halogens is 4. The maximum Gasteiger partial charge on any atom is 0.417 e. The highest BCUT2D eigenvalue weighted by Crippen LogP contribution is 2.34. The van der Waals surface area contributed by atoms with Gasteiger partial charge < -0.3 is 0 Å². The molecule has 0 amide bonds. The number of thioether (sulfide) groups is 1. The van der Waals surface area contributed by atoms with Crippen LogP contribution in [0.1, 0.15) is 11.3 Å². The number of nitrogens with zero attached hydrogens (tertiary/aromatic N) is 4. The first-order valence-electron chi connectivity index (χ1n) is 7.13. The van der Waals surface area contributed by atoms with Crippen LogP contribution in [0.5, 0.6) is 0 Å². The lowest BCUT2D eigenvalue weighted by atomic mass is 10.3. The molecule has 0 saturated carbocycles. The van der Waals surface area contributed by atoms with Gasteiger partial charge in [0.25, 0.3) is 0 Å². The molecule has 26 heavy (non-hydrogen) atoms. The summed E-state index contributed by atoms with van der Waals surface area (Å²) in [7, 11) is 0. The van der Waals surface area contributed by atoms with Gasteiger partial charge in [-0.05, 0) is 17.5 Å². The highest BCUT2D eigenvalue weighted by Gasteiger charge is 2.32. The zero-order valence-electron chi connectivity index (χ0n) is 12.7. The summed E-state index contributed by atoms with van der Waals surface area (Å²) in [6.07, 6.45) is -3.53. The summed E-state index contributed by atoms with van der Waals surface area (Å²) in [6, 6.07) is 2.85. The third-order valence-corrected chi connectivity index (χ3v) is 6.30. The van der Waals surface area contributed by atoms with Crippen molar-refractivity contribution in [3.8, 4) is 10.6 Å². The van der Waals surface area contributed by atoms with Crippen molar-refractivity contribution in [1.29, 1.82) is 0 Å². The van der Waals surface area contributed by atoms with E-state index in [-0.39, 0.29) is 10.7 Å². The monoisotopic (exact) mass is 432 g/mol. The Labute approximate surface area is 162 Å². The number of rotatable bonds is 4. The van der Waals surface area contributed by atoms with Crippen LogP contribution < -0.4 is 0 Å². The molecular formula is C15H8ClF3N4S3. The first-order chi connectivity index (χ1) is 12.4. The van der Waals surface area contributed by atoms with Gasteiger partial charge in [0.1, 0.15) is 5.01 Å². The van der Waals surface area contributed by atoms with E-state index in [4.69, 9.17) is 11.6 Å². The van der Waals surface area contributed by atoms with E-state index >= 15 is 0 Å². The molecule has 0 bridgehead atoms. The van der Waals surface area contributed by atoms with Gasteiger partial charge in [-0.3, -0.25) is 4.40 Å². The number of pyridine rings is 1. The largest absolute Gasteiger partial charge is 0.417 e. The molecule has 4 nitrogen and oxygen atoms in total. The van der Waals surface area contributed by atoms with Crippen LogP contribution in [0.4, 0.5) is 13.2 Å². The summed E-state index contributed by atoms with van der Waals surface area (Å²) in [5, 5.41) is 14.9. The Morgan fingerprint density at radius 2 is 2.08 bits per heavy atom. The normalized spacial score (nSPS) is 12.2. The molecule has 0 aliphatic rings. The number of thiazole rings is 1. The van der Waals surface area contributed by atoms with Crippen LogP contribution >= 0.6 is 46.0 Å². The third-order valence-electron chi connectivity index (χ3n) is 3.42. The highest BCUT2D eigenvalue weighted by atomic mass is 35.5. The van der Waals surface area contributed by atoms with Crippen molar-refractivity contribution in [1.82, 2.24) is 19.6 Å². The van der Waals surface area contributed by atoms with Crippen molar-refractivity contribution in [3.05, 3.63) is 50.7 Å². The van der Waals surface area contributed by atoms with Gasteiger partial charge in [-0.15, -0.1) is 21.5 Å². The fourth-order valence-corrected chi connectivity index (χ4v) is 4.90. The molecule has 0 fully saturated rings. The Balaban J connectivity index is 1.59. The van der Waals surface area contributed by atoms with Crippen molar-refractivity contribution < 1.29 is 13.2 Å². The van der Waals surface area contributed by atoms with E-state index in [2.05, 4.69) is 15.2 Å². The quantitative estimate of drug-likeness (QED) is 0.378. The second-order valence-electron chi connectivity index (χ2n) is 5.20. The van der Waals surface area contributed by atoms with Crippen LogP contribution in [0.2, 0.25) is 5.02 Å². The number of hydrogen-bond donors (Lipinski definition) is 0. The summed E-state index contributed by atoms with van der Waals surface area (Å²) in [5.41, 5.74) is 1.24. The van der Waals surface area contributed by atoms with Crippen LogP contribution in [0, 0.1) is 0 Å². The Kier molecular flexibility index (Phi) is 4.68. The zero-order valence-corrected chi connectivity index (χ0v) is 15.9. The number of hydrogen-bond acceptors (Lipinski definition) is 6.